The van der Waals surface area contributed by atoms with E-state index in [0.29, 0.717) is 16.5 Å². The Hall–Kier alpha value is -2.72. The maximum Gasteiger partial charge on any atom is 0.205 e. The van der Waals surface area contributed by atoms with Gasteiger partial charge in [-0.1, -0.05) is 17.8 Å². The third-order valence-corrected chi connectivity index (χ3v) is 6.05. The second-order valence-electron chi connectivity index (χ2n) is 8.50. The van der Waals surface area contributed by atoms with E-state index in [1.807, 2.05) is 0 Å². The monoisotopic (exact) mass is 502 g/mol. The summed E-state index contributed by atoms with van der Waals surface area (Å²) in [6.07, 6.45) is -11.8. The molecule has 8 N–H and O–H groups in total. The Morgan fingerprint density at radius 2 is 1.28 bits per heavy atom. The predicted molar refractivity (Wildman–Crippen MR) is 121 cm³/mol. The first-order chi connectivity index (χ1) is 17.2. The number of aliphatic hydroxyl groups excluding tert-OH is 8. The number of benzene rings is 1. The molecule has 0 amide bonds. The summed E-state index contributed by atoms with van der Waals surface area (Å²) in [7, 11) is 0. The Morgan fingerprint density at radius 1 is 0.722 bits per heavy atom. The molecule has 10 unspecified atom stereocenters. The Morgan fingerprint density at radius 3 is 1.83 bits per heavy atom. The summed E-state index contributed by atoms with van der Waals surface area (Å²) >= 11 is 0. The maximum absolute atomic E-state index is 10.1. The molecular formula is C24H26N2O10. The maximum atomic E-state index is 10.1. The fourth-order valence-corrected chi connectivity index (χ4v) is 3.90. The number of hydrogen-bond acceptors (Lipinski definition) is 12. The number of rotatable bonds is 2. The van der Waals surface area contributed by atoms with E-state index >= 15 is 0 Å². The number of nitrogens with zero attached hydrogens (tertiary/aromatic N) is 2. The standard InChI is InChI=1S/C24H26N2O10/c27-9-16-21(31)23(33)19(29)14(35-16)4-2-11-1-3-13-12(7-11)8-25-18(26-13)6-5-15-20(30)24(34)22(32)17(10-28)36-15/h1,3,7-8,14-17,19-24,27-34H,9-10H2. The van der Waals surface area contributed by atoms with Gasteiger partial charge < -0.3 is 50.3 Å². The summed E-state index contributed by atoms with van der Waals surface area (Å²) < 4.78 is 10.7. The van der Waals surface area contributed by atoms with Gasteiger partial charge in [0.05, 0.1) is 18.7 Å². The topological polar surface area (TPSA) is 206 Å². The Labute approximate surface area is 205 Å². The summed E-state index contributed by atoms with van der Waals surface area (Å²) in [5.41, 5.74) is 1.06. The second-order valence-corrected chi connectivity index (χ2v) is 8.50. The molecule has 12 heteroatoms. The molecule has 0 radical (unpaired) electrons. The quantitative estimate of drug-likeness (QED) is 0.185. The van der Waals surface area contributed by atoms with E-state index in [1.54, 1.807) is 18.2 Å². The van der Waals surface area contributed by atoms with E-state index in [9.17, 15) is 40.9 Å². The van der Waals surface area contributed by atoms with Crippen molar-refractivity contribution >= 4 is 10.9 Å². The zero-order chi connectivity index (χ0) is 26.0. The zero-order valence-electron chi connectivity index (χ0n) is 18.8. The number of hydrogen-bond donors (Lipinski definition) is 8. The van der Waals surface area contributed by atoms with Gasteiger partial charge in [-0.05, 0) is 24.1 Å². The van der Waals surface area contributed by atoms with Crippen LogP contribution in [0.15, 0.2) is 24.4 Å². The molecule has 2 aliphatic heterocycles. The lowest BCUT2D eigenvalue weighted by atomic mass is 9.95. The number of ether oxygens (including phenoxy) is 2. The smallest absolute Gasteiger partial charge is 0.205 e. The van der Waals surface area contributed by atoms with Crippen molar-refractivity contribution in [3.63, 3.8) is 0 Å². The molecule has 4 rings (SSSR count). The molecule has 36 heavy (non-hydrogen) atoms. The highest BCUT2D eigenvalue weighted by Crippen LogP contribution is 2.22. The summed E-state index contributed by atoms with van der Waals surface area (Å²) in [4.78, 5) is 8.46. The van der Waals surface area contributed by atoms with E-state index in [-0.39, 0.29) is 5.82 Å². The van der Waals surface area contributed by atoms with Gasteiger partial charge in [0.15, 0.2) is 0 Å². The number of aliphatic hydroxyl groups is 8. The lowest BCUT2D eigenvalue weighted by Gasteiger charge is -2.37. The van der Waals surface area contributed by atoms with Crippen molar-refractivity contribution in [2.75, 3.05) is 13.2 Å². The molecule has 3 heterocycles. The summed E-state index contributed by atoms with van der Waals surface area (Å²) in [5, 5.41) is 78.8. The third kappa shape index (κ3) is 5.34. The van der Waals surface area contributed by atoms with Gasteiger partial charge in [0.2, 0.25) is 5.82 Å². The van der Waals surface area contributed by atoms with Crippen LogP contribution in [0.1, 0.15) is 11.4 Å². The number of fused-ring (bicyclic) bond motifs is 1. The second kappa shape index (κ2) is 11.1. The van der Waals surface area contributed by atoms with Crippen LogP contribution in [0.5, 0.6) is 0 Å². The molecule has 2 fully saturated rings. The van der Waals surface area contributed by atoms with Crippen molar-refractivity contribution in [3.8, 4) is 23.7 Å². The summed E-state index contributed by atoms with van der Waals surface area (Å²) in [5.74, 6) is 10.9. The molecule has 2 aliphatic rings. The van der Waals surface area contributed by atoms with Crippen molar-refractivity contribution in [3.05, 3.63) is 35.8 Å². The molecule has 2 aromatic rings. The number of aromatic nitrogens is 2. The molecule has 192 valence electrons. The molecule has 0 aliphatic carbocycles. The molecule has 12 nitrogen and oxygen atoms in total. The first kappa shape index (κ1) is 26.3. The van der Waals surface area contributed by atoms with Crippen LogP contribution in [0, 0.1) is 23.7 Å². The largest absolute Gasteiger partial charge is 0.394 e. The van der Waals surface area contributed by atoms with Gasteiger partial charge in [0.1, 0.15) is 61.0 Å². The van der Waals surface area contributed by atoms with Crippen LogP contribution in [0.25, 0.3) is 10.9 Å². The minimum Gasteiger partial charge on any atom is -0.394 e. The van der Waals surface area contributed by atoms with Gasteiger partial charge in [0.25, 0.3) is 0 Å². The van der Waals surface area contributed by atoms with Crippen molar-refractivity contribution in [1.29, 1.82) is 0 Å². The van der Waals surface area contributed by atoms with Crippen LogP contribution in [0.4, 0.5) is 0 Å². The molecule has 1 aromatic heterocycles. The Bertz CT molecular complexity index is 1110. The summed E-state index contributed by atoms with van der Waals surface area (Å²) in [6.45, 7) is -1.10. The zero-order valence-corrected chi connectivity index (χ0v) is 18.8. The fraction of sp³-hybridized carbons (Fsp3) is 0.500. The van der Waals surface area contributed by atoms with E-state index in [0.717, 1.165) is 0 Å². The van der Waals surface area contributed by atoms with Crippen LogP contribution in [-0.2, 0) is 9.47 Å². The van der Waals surface area contributed by atoms with Gasteiger partial charge in [0, 0.05) is 17.1 Å². The predicted octanol–water partition coefficient (Wildman–Crippen LogP) is -3.98. The highest BCUT2D eigenvalue weighted by atomic mass is 16.5. The minimum atomic E-state index is -1.53. The van der Waals surface area contributed by atoms with Crippen LogP contribution in [0.2, 0.25) is 0 Å². The van der Waals surface area contributed by atoms with Crippen molar-refractivity contribution in [2.45, 2.75) is 61.0 Å². The first-order valence-corrected chi connectivity index (χ1v) is 11.1. The molecular weight excluding hydrogens is 476 g/mol. The van der Waals surface area contributed by atoms with Gasteiger partial charge >= 0.3 is 0 Å². The van der Waals surface area contributed by atoms with Crippen molar-refractivity contribution < 1.29 is 50.3 Å². The molecule has 0 spiro atoms. The molecule has 0 saturated carbocycles. The van der Waals surface area contributed by atoms with Crippen LogP contribution in [-0.4, -0.2) is 125 Å². The molecule has 1 aromatic carbocycles. The van der Waals surface area contributed by atoms with Gasteiger partial charge in [-0.25, -0.2) is 9.97 Å². The van der Waals surface area contributed by atoms with Crippen molar-refractivity contribution in [1.82, 2.24) is 9.97 Å². The fourth-order valence-electron chi connectivity index (χ4n) is 3.90. The third-order valence-electron chi connectivity index (χ3n) is 6.05. The molecule has 2 saturated heterocycles. The lowest BCUT2D eigenvalue weighted by molar-refractivity contribution is -0.214. The van der Waals surface area contributed by atoms with Gasteiger partial charge in [-0.15, -0.1) is 0 Å². The summed E-state index contributed by atoms with van der Waals surface area (Å²) in [6, 6.07) is 5.00. The average Bonchev–Trinajstić information content (AvgIpc) is 2.89. The van der Waals surface area contributed by atoms with E-state index < -0.39 is 74.3 Å². The van der Waals surface area contributed by atoms with Crippen LogP contribution >= 0.6 is 0 Å². The van der Waals surface area contributed by atoms with Crippen molar-refractivity contribution in [2.24, 2.45) is 0 Å². The highest BCUT2D eigenvalue weighted by molar-refractivity contribution is 5.79. The van der Waals surface area contributed by atoms with Gasteiger partial charge in [-0.3, -0.25) is 0 Å². The van der Waals surface area contributed by atoms with E-state index in [1.165, 1.54) is 6.20 Å². The van der Waals surface area contributed by atoms with Crippen LogP contribution in [0.3, 0.4) is 0 Å². The molecule has 0 bridgehead atoms. The van der Waals surface area contributed by atoms with E-state index in [2.05, 4.69) is 33.6 Å². The van der Waals surface area contributed by atoms with Crippen LogP contribution < -0.4 is 0 Å². The lowest BCUT2D eigenvalue weighted by Crippen LogP contribution is -2.58. The SMILES string of the molecule is OCC1OC(C#Cc2ccc3nc(C#CC4OC(CO)C(O)C(O)C4O)ncc3c2)C(O)C(O)C1O. The Kier molecular flexibility index (Phi) is 8.14. The Balaban J connectivity index is 1.50. The minimum absolute atomic E-state index is 0.111. The first-order valence-electron chi connectivity index (χ1n) is 11.1. The van der Waals surface area contributed by atoms with Gasteiger partial charge in [-0.2, -0.15) is 0 Å². The normalized spacial score (nSPS) is 36.4. The molecule has 10 atom stereocenters. The average molecular weight is 502 g/mol. The van der Waals surface area contributed by atoms with E-state index in [4.69, 9.17) is 9.47 Å². The highest BCUT2D eigenvalue weighted by Gasteiger charge is 2.43.